The number of fused-ring (bicyclic) bond motifs is 1. The van der Waals surface area contributed by atoms with Crippen molar-refractivity contribution >= 4 is 5.65 Å². The van der Waals surface area contributed by atoms with Crippen molar-refractivity contribution in [3.8, 4) is 0 Å². The largest absolute Gasteiger partial charge is 0.218 e. The smallest absolute Gasteiger partial charge is 0.191 e. The minimum Gasteiger partial charge on any atom is -0.218 e. The number of hydrogen-bond donors (Lipinski definition) is 0. The van der Waals surface area contributed by atoms with Gasteiger partial charge in [-0.25, -0.2) is 13.9 Å². The second-order valence-electron chi connectivity index (χ2n) is 3.70. The number of nitrogens with zero attached hydrogens (tertiary/aromatic N) is 3. The summed E-state index contributed by atoms with van der Waals surface area (Å²) in [7, 11) is 0. The fourth-order valence-corrected chi connectivity index (χ4v) is 1.39. The third-order valence-electron chi connectivity index (χ3n) is 2.18. The molecule has 0 spiro atoms. The molecule has 14 heavy (non-hydrogen) atoms. The molecule has 74 valence electrons. The van der Waals surface area contributed by atoms with Crippen LogP contribution in [0.15, 0.2) is 12.3 Å². The Morgan fingerprint density at radius 1 is 1.43 bits per heavy atom. The van der Waals surface area contributed by atoms with Crippen molar-refractivity contribution in [3.63, 3.8) is 0 Å². The molecule has 2 rings (SSSR count). The highest BCUT2D eigenvalue weighted by Crippen LogP contribution is 2.17. The molecule has 0 aromatic carbocycles. The van der Waals surface area contributed by atoms with Gasteiger partial charge in [0, 0.05) is 6.20 Å². The van der Waals surface area contributed by atoms with Gasteiger partial charge in [0.05, 0.1) is 0 Å². The standard InChI is InChI=1S/C10H12FN3/c1-6(2)8-4-9(11)10-12-7(3)13-14(10)5-8/h4-6H,1-3H3. The Kier molecular flexibility index (Phi) is 1.98. The number of pyridine rings is 1. The molecule has 0 aliphatic carbocycles. The van der Waals surface area contributed by atoms with Crippen molar-refractivity contribution in [2.45, 2.75) is 26.7 Å². The van der Waals surface area contributed by atoms with Crippen molar-refractivity contribution in [2.24, 2.45) is 0 Å². The van der Waals surface area contributed by atoms with Crippen molar-refractivity contribution in [3.05, 3.63) is 29.5 Å². The molecule has 2 aromatic rings. The SMILES string of the molecule is Cc1nc2c(F)cc(C(C)C)cn2n1. The van der Waals surface area contributed by atoms with Crippen LogP contribution in [-0.4, -0.2) is 14.6 Å². The first-order chi connectivity index (χ1) is 6.58. The van der Waals surface area contributed by atoms with E-state index < -0.39 is 0 Å². The zero-order valence-electron chi connectivity index (χ0n) is 8.45. The third kappa shape index (κ3) is 1.36. The molecule has 2 heterocycles. The first-order valence-electron chi connectivity index (χ1n) is 4.60. The fourth-order valence-electron chi connectivity index (χ4n) is 1.39. The van der Waals surface area contributed by atoms with Gasteiger partial charge in [-0.05, 0) is 24.5 Å². The lowest BCUT2D eigenvalue weighted by atomic mass is 10.1. The Hall–Kier alpha value is -1.45. The summed E-state index contributed by atoms with van der Waals surface area (Å²) in [6, 6.07) is 1.52. The number of hydrogen-bond acceptors (Lipinski definition) is 2. The summed E-state index contributed by atoms with van der Waals surface area (Å²) in [5.41, 5.74) is 1.23. The Morgan fingerprint density at radius 3 is 2.79 bits per heavy atom. The number of halogens is 1. The lowest BCUT2D eigenvalue weighted by Crippen LogP contribution is -1.97. The van der Waals surface area contributed by atoms with Gasteiger partial charge in [-0.1, -0.05) is 13.8 Å². The molecule has 0 atom stereocenters. The van der Waals surface area contributed by atoms with Gasteiger partial charge in [0.15, 0.2) is 11.5 Å². The molecule has 0 radical (unpaired) electrons. The average molecular weight is 193 g/mol. The first kappa shape index (κ1) is 9.12. The average Bonchev–Trinajstić information content (AvgIpc) is 2.45. The molecule has 0 saturated carbocycles. The van der Waals surface area contributed by atoms with Crippen LogP contribution in [0.2, 0.25) is 0 Å². The Labute approximate surface area is 81.6 Å². The molecule has 0 fully saturated rings. The molecular weight excluding hydrogens is 181 g/mol. The number of aryl methyl sites for hydroxylation is 1. The summed E-state index contributed by atoms with van der Waals surface area (Å²) < 4.78 is 15.0. The third-order valence-corrected chi connectivity index (χ3v) is 2.18. The summed E-state index contributed by atoms with van der Waals surface area (Å²) in [5.74, 6) is 0.569. The van der Waals surface area contributed by atoms with Gasteiger partial charge in [0.1, 0.15) is 5.82 Å². The molecule has 0 bridgehead atoms. The lowest BCUT2D eigenvalue weighted by Gasteiger charge is -2.05. The van der Waals surface area contributed by atoms with E-state index in [2.05, 4.69) is 10.1 Å². The van der Waals surface area contributed by atoms with Crippen molar-refractivity contribution < 1.29 is 4.39 Å². The Balaban J connectivity index is 2.71. The maximum absolute atomic E-state index is 13.5. The zero-order valence-corrected chi connectivity index (χ0v) is 8.45. The Morgan fingerprint density at radius 2 is 2.14 bits per heavy atom. The van der Waals surface area contributed by atoms with E-state index in [-0.39, 0.29) is 5.82 Å². The maximum Gasteiger partial charge on any atom is 0.191 e. The molecule has 0 unspecified atom stereocenters. The van der Waals surface area contributed by atoms with Crippen LogP contribution < -0.4 is 0 Å². The van der Waals surface area contributed by atoms with Gasteiger partial charge in [-0.3, -0.25) is 0 Å². The van der Waals surface area contributed by atoms with Crippen LogP contribution in [-0.2, 0) is 0 Å². The van der Waals surface area contributed by atoms with E-state index in [1.807, 2.05) is 20.0 Å². The molecule has 0 aliphatic heterocycles. The van der Waals surface area contributed by atoms with E-state index >= 15 is 0 Å². The van der Waals surface area contributed by atoms with Crippen molar-refractivity contribution in [1.82, 2.24) is 14.6 Å². The van der Waals surface area contributed by atoms with E-state index in [1.54, 1.807) is 6.92 Å². The second-order valence-corrected chi connectivity index (χ2v) is 3.70. The van der Waals surface area contributed by atoms with E-state index in [0.717, 1.165) is 5.56 Å². The van der Waals surface area contributed by atoms with Crippen molar-refractivity contribution in [2.75, 3.05) is 0 Å². The predicted octanol–water partition coefficient (Wildman–Crippen LogP) is 2.30. The minimum atomic E-state index is -0.309. The summed E-state index contributed by atoms with van der Waals surface area (Å²) >= 11 is 0. The highest BCUT2D eigenvalue weighted by molar-refractivity contribution is 5.41. The van der Waals surface area contributed by atoms with Crippen molar-refractivity contribution in [1.29, 1.82) is 0 Å². The Bertz CT molecular complexity index is 473. The van der Waals surface area contributed by atoms with Crippen LogP contribution in [0.25, 0.3) is 5.65 Å². The van der Waals surface area contributed by atoms with E-state index in [0.29, 0.717) is 17.4 Å². The van der Waals surface area contributed by atoms with E-state index in [1.165, 1.54) is 10.6 Å². The number of rotatable bonds is 1. The van der Waals surface area contributed by atoms with Gasteiger partial charge in [0.25, 0.3) is 0 Å². The van der Waals surface area contributed by atoms with Crippen LogP contribution in [0.4, 0.5) is 4.39 Å². The van der Waals surface area contributed by atoms with Crippen LogP contribution in [0.5, 0.6) is 0 Å². The molecule has 4 heteroatoms. The van der Waals surface area contributed by atoms with Gasteiger partial charge in [0.2, 0.25) is 0 Å². The van der Waals surface area contributed by atoms with Gasteiger partial charge >= 0.3 is 0 Å². The highest BCUT2D eigenvalue weighted by Gasteiger charge is 2.09. The van der Waals surface area contributed by atoms with Crippen LogP contribution in [0.1, 0.15) is 31.2 Å². The van der Waals surface area contributed by atoms with Crippen LogP contribution >= 0.6 is 0 Å². The molecule has 0 saturated heterocycles. The summed E-state index contributed by atoms with van der Waals surface area (Å²) in [4.78, 5) is 3.99. The first-order valence-corrected chi connectivity index (χ1v) is 4.60. The molecule has 3 nitrogen and oxygen atoms in total. The van der Waals surface area contributed by atoms with E-state index in [9.17, 15) is 4.39 Å². The molecular formula is C10H12FN3. The maximum atomic E-state index is 13.5. The second kappa shape index (κ2) is 3.04. The summed E-state index contributed by atoms with van der Waals surface area (Å²) in [5, 5.41) is 4.08. The quantitative estimate of drug-likeness (QED) is 0.695. The van der Waals surface area contributed by atoms with Gasteiger partial charge in [-0.15, -0.1) is 0 Å². The monoisotopic (exact) mass is 193 g/mol. The molecule has 0 aliphatic rings. The molecule has 0 N–H and O–H groups in total. The van der Waals surface area contributed by atoms with Gasteiger partial charge in [-0.2, -0.15) is 5.10 Å². The van der Waals surface area contributed by atoms with E-state index in [4.69, 9.17) is 0 Å². The highest BCUT2D eigenvalue weighted by atomic mass is 19.1. The zero-order chi connectivity index (χ0) is 10.3. The molecule has 0 amide bonds. The molecule has 2 aromatic heterocycles. The minimum absolute atomic E-state index is 0.290. The topological polar surface area (TPSA) is 30.2 Å². The normalized spacial score (nSPS) is 11.5. The van der Waals surface area contributed by atoms with Gasteiger partial charge < -0.3 is 0 Å². The van der Waals surface area contributed by atoms with Crippen LogP contribution in [0, 0.1) is 12.7 Å². The fraction of sp³-hybridized carbons (Fsp3) is 0.400. The summed E-state index contributed by atoms with van der Waals surface area (Å²) in [6.45, 7) is 5.79. The lowest BCUT2D eigenvalue weighted by molar-refractivity contribution is 0.621. The number of aromatic nitrogens is 3. The summed E-state index contributed by atoms with van der Waals surface area (Å²) in [6.07, 6.45) is 1.82. The predicted molar refractivity (Wildman–Crippen MR) is 51.8 cm³/mol. The van der Waals surface area contributed by atoms with Crippen LogP contribution in [0.3, 0.4) is 0 Å².